The molecule has 2 aliphatic heterocycles. The topological polar surface area (TPSA) is 24.5 Å². The molecule has 21 heavy (non-hydrogen) atoms. The van der Waals surface area contributed by atoms with E-state index >= 15 is 0 Å². The first-order chi connectivity index (χ1) is 10.4. The van der Waals surface area contributed by atoms with E-state index in [1.54, 1.807) is 0 Å². The third-order valence-corrected chi connectivity index (χ3v) is 5.98. The molecular formula is C18H34N2O. The molecule has 2 saturated heterocycles. The Morgan fingerprint density at radius 2 is 1.62 bits per heavy atom. The van der Waals surface area contributed by atoms with E-state index in [-0.39, 0.29) is 0 Å². The molecule has 3 aliphatic rings. The molecule has 1 saturated carbocycles. The SMILES string of the molecule is C1CCN(C2(CNC3CCCOCC3)CCCCC2)CC1. The summed E-state index contributed by atoms with van der Waals surface area (Å²) in [7, 11) is 0. The Kier molecular flexibility index (Phi) is 5.96. The molecule has 1 unspecified atom stereocenters. The van der Waals surface area contributed by atoms with Gasteiger partial charge in [0.2, 0.25) is 0 Å². The number of nitrogens with one attached hydrogen (secondary N) is 1. The predicted octanol–water partition coefficient (Wildman–Crippen LogP) is 3.33. The number of nitrogens with zero attached hydrogens (tertiary/aromatic N) is 1. The normalized spacial score (nSPS) is 31.7. The lowest BCUT2D eigenvalue weighted by Gasteiger charge is -2.49. The first-order valence-corrected chi connectivity index (χ1v) is 9.45. The predicted molar refractivity (Wildman–Crippen MR) is 87.7 cm³/mol. The van der Waals surface area contributed by atoms with E-state index in [4.69, 9.17) is 4.74 Å². The highest BCUT2D eigenvalue weighted by atomic mass is 16.5. The highest BCUT2D eigenvalue weighted by molar-refractivity contribution is 4.96. The molecule has 1 N–H and O–H groups in total. The number of hydrogen-bond acceptors (Lipinski definition) is 3. The van der Waals surface area contributed by atoms with Crippen LogP contribution in [-0.4, -0.2) is 49.3 Å². The summed E-state index contributed by atoms with van der Waals surface area (Å²) in [6.07, 6.45) is 15.2. The third kappa shape index (κ3) is 4.20. The van der Waals surface area contributed by atoms with E-state index in [1.165, 1.54) is 90.3 Å². The van der Waals surface area contributed by atoms with Crippen molar-refractivity contribution in [2.24, 2.45) is 0 Å². The van der Waals surface area contributed by atoms with Crippen LogP contribution in [0.3, 0.4) is 0 Å². The average Bonchev–Trinajstić information content (AvgIpc) is 2.83. The lowest BCUT2D eigenvalue weighted by Crippen LogP contribution is -2.58. The summed E-state index contributed by atoms with van der Waals surface area (Å²) in [5.41, 5.74) is 0.478. The molecule has 122 valence electrons. The Morgan fingerprint density at radius 3 is 2.43 bits per heavy atom. The second-order valence-electron chi connectivity index (χ2n) is 7.45. The summed E-state index contributed by atoms with van der Waals surface area (Å²) >= 11 is 0. The maximum absolute atomic E-state index is 5.61. The van der Waals surface area contributed by atoms with E-state index in [9.17, 15) is 0 Å². The number of rotatable bonds is 4. The van der Waals surface area contributed by atoms with Crippen molar-refractivity contribution in [2.45, 2.75) is 82.2 Å². The van der Waals surface area contributed by atoms with Gasteiger partial charge in [0, 0.05) is 31.3 Å². The molecule has 0 spiro atoms. The monoisotopic (exact) mass is 294 g/mol. The average molecular weight is 294 g/mol. The number of hydrogen-bond donors (Lipinski definition) is 1. The van der Waals surface area contributed by atoms with Gasteiger partial charge in [-0.2, -0.15) is 0 Å². The molecule has 2 heterocycles. The van der Waals surface area contributed by atoms with Gasteiger partial charge in [0.25, 0.3) is 0 Å². The van der Waals surface area contributed by atoms with Crippen LogP contribution in [0.4, 0.5) is 0 Å². The molecule has 3 heteroatoms. The molecule has 0 aromatic carbocycles. The van der Waals surface area contributed by atoms with Crippen molar-refractivity contribution in [2.75, 3.05) is 32.8 Å². The van der Waals surface area contributed by atoms with E-state index in [2.05, 4.69) is 10.2 Å². The van der Waals surface area contributed by atoms with Crippen molar-refractivity contribution in [3.05, 3.63) is 0 Å². The summed E-state index contributed by atoms with van der Waals surface area (Å²) in [5.74, 6) is 0. The molecular weight excluding hydrogens is 260 g/mol. The van der Waals surface area contributed by atoms with Crippen LogP contribution >= 0.6 is 0 Å². The number of ether oxygens (including phenoxy) is 1. The molecule has 0 aromatic heterocycles. The summed E-state index contributed by atoms with van der Waals surface area (Å²) < 4.78 is 5.61. The van der Waals surface area contributed by atoms with Gasteiger partial charge in [-0.25, -0.2) is 0 Å². The molecule has 0 amide bonds. The van der Waals surface area contributed by atoms with Crippen LogP contribution in [-0.2, 0) is 4.74 Å². The van der Waals surface area contributed by atoms with E-state index in [0.29, 0.717) is 11.6 Å². The zero-order chi connectivity index (χ0) is 14.4. The van der Waals surface area contributed by atoms with Gasteiger partial charge in [-0.15, -0.1) is 0 Å². The molecule has 1 aliphatic carbocycles. The van der Waals surface area contributed by atoms with Crippen molar-refractivity contribution in [1.82, 2.24) is 10.2 Å². The van der Waals surface area contributed by atoms with Crippen molar-refractivity contribution >= 4 is 0 Å². The maximum Gasteiger partial charge on any atom is 0.0480 e. The van der Waals surface area contributed by atoms with E-state index < -0.39 is 0 Å². The Labute approximate surface area is 130 Å². The first-order valence-electron chi connectivity index (χ1n) is 9.45. The molecule has 0 aromatic rings. The smallest absolute Gasteiger partial charge is 0.0480 e. The minimum absolute atomic E-state index is 0.478. The summed E-state index contributed by atoms with van der Waals surface area (Å²) in [5, 5.41) is 3.95. The lowest BCUT2D eigenvalue weighted by molar-refractivity contribution is 0.0308. The minimum atomic E-state index is 0.478. The van der Waals surface area contributed by atoms with Gasteiger partial charge in [0.15, 0.2) is 0 Å². The van der Waals surface area contributed by atoms with E-state index in [0.717, 1.165) is 13.2 Å². The van der Waals surface area contributed by atoms with Crippen LogP contribution in [0.1, 0.15) is 70.6 Å². The second-order valence-corrected chi connectivity index (χ2v) is 7.45. The Morgan fingerprint density at radius 1 is 0.857 bits per heavy atom. The Bertz CT molecular complexity index is 288. The van der Waals surface area contributed by atoms with Gasteiger partial charge in [-0.1, -0.05) is 25.7 Å². The zero-order valence-corrected chi connectivity index (χ0v) is 13.7. The molecule has 3 fully saturated rings. The van der Waals surface area contributed by atoms with Gasteiger partial charge < -0.3 is 10.1 Å². The third-order valence-electron chi connectivity index (χ3n) is 5.98. The summed E-state index contributed by atoms with van der Waals surface area (Å²) in [6.45, 7) is 5.83. The van der Waals surface area contributed by atoms with Crippen LogP contribution in [0, 0.1) is 0 Å². The first kappa shape index (κ1) is 15.8. The van der Waals surface area contributed by atoms with Crippen molar-refractivity contribution < 1.29 is 4.74 Å². The molecule has 0 bridgehead atoms. The molecule has 1 atom stereocenters. The highest BCUT2D eigenvalue weighted by Crippen LogP contribution is 2.35. The van der Waals surface area contributed by atoms with Crippen molar-refractivity contribution in [3.8, 4) is 0 Å². The highest BCUT2D eigenvalue weighted by Gasteiger charge is 2.38. The lowest BCUT2D eigenvalue weighted by atomic mass is 9.79. The molecule has 0 radical (unpaired) electrons. The van der Waals surface area contributed by atoms with Gasteiger partial charge >= 0.3 is 0 Å². The van der Waals surface area contributed by atoms with Gasteiger partial charge in [0.05, 0.1) is 0 Å². The maximum atomic E-state index is 5.61. The van der Waals surface area contributed by atoms with Crippen molar-refractivity contribution in [3.63, 3.8) is 0 Å². The van der Waals surface area contributed by atoms with Crippen LogP contribution in [0.2, 0.25) is 0 Å². The standard InChI is InChI=1S/C18H34N2O/c1-3-10-18(11-4-1,20-12-5-2-6-13-20)16-19-17-8-7-14-21-15-9-17/h17,19H,1-16H2. The summed E-state index contributed by atoms with van der Waals surface area (Å²) in [6, 6.07) is 0.691. The fourth-order valence-electron chi connectivity index (χ4n) is 4.63. The van der Waals surface area contributed by atoms with Crippen LogP contribution in [0.5, 0.6) is 0 Å². The van der Waals surface area contributed by atoms with Crippen LogP contribution in [0.25, 0.3) is 0 Å². The van der Waals surface area contributed by atoms with Crippen molar-refractivity contribution in [1.29, 1.82) is 0 Å². The van der Waals surface area contributed by atoms with Crippen LogP contribution in [0.15, 0.2) is 0 Å². The number of piperidine rings is 1. The Balaban J connectivity index is 1.58. The fourth-order valence-corrected chi connectivity index (χ4v) is 4.63. The van der Waals surface area contributed by atoms with E-state index in [1.807, 2.05) is 0 Å². The van der Waals surface area contributed by atoms with Crippen LogP contribution < -0.4 is 5.32 Å². The second kappa shape index (κ2) is 7.94. The van der Waals surface area contributed by atoms with Gasteiger partial charge in [-0.05, 0) is 58.0 Å². The zero-order valence-electron chi connectivity index (χ0n) is 13.7. The number of likely N-dealkylation sites (tertiary alicyclic amines) is 1. The van der Waals surface area contributed by atoms with Gasteiger partial charge in [-0.3, -0.25) is 4.90 Å². The summed E-state index contributed by atoms with van der Waals surface area (Å²) in [4.78, 5) is 2.86. The fraction of sp³-hybridized carbons (Fsp3) is 1.00. The molecule has 3 rings (SSSR count). The Hall–Kier alpha value is -0.120. The molecule has 3 nitrogen and oxygen atoms in total. The largest absolute Gasteiger partial charge is 0.381 e. The minimum Gasteiger partial charge on any atom is -0.381 e. The van der Waals surface area contributed by atoms with Gasteiger partial charge in [0.1, 0.15) is 0 Å². The quantitative estimate of drug-likeness (QED) is 0.860.